The van der Waals surface area contributed by atoms with E-state index < -0.39 is 0 Å². The van der Waals surface area contributed by atoms with Crippen LogP contribution in [0.4, 0.5) is 0 Å². The van der Waals surface area contributed by atoms with Gasteiger partial charge in [-0.1, -0.05) is 25.7 Å². The predicted octanol–water partition coefficient (Wildman–Crippen LogP) is 2.83. The maximum absolute atomic E-state index is 3.33. The Kier molecular flexibility index (Phi) is 2.70. The lowest BCUT2D eigenvalue weighted by Crippen LogP contribution is -2.01. The number of rotatable bonds is 1. The van der Waals surface area contributed by atoms with Crippen LogP contribution in [0.5, 0.6) is 0 Å². The highest BCUT2D eigenvalue weighted by Gasteiger charge is 2.18. The van der Waals surface area contributed by atoms with E-state index in [0.717, 1.165) is 5.92 Å². The van der Waals surface area contributed by atoms with Gasteiger partial charge in [-0.15, -0.1) is 0 Å². The Hall–Kier alpha value is -0.460. The quantitative estimate of drug-likeness (QED) is 0.589. The molecule has 0 unspecified atom stereocenters. The largest absolute Gasteiger partial charge is 0.391 e. The maximum atomic E-state index is 3.33. The van der Waals surface area contributed by atoms with Crippen LogP contribution in [-0.2, 0) is 0 Å². The van der Waals surface area contributed by atoms with Crippen molar-refractivity contribution in [3.63, 3.8) is 0 Å². The van der Waals surface area contributed by atoms with E-state index in [-0.39, 0.29) is 0 Å². The molecule has 1 heteroatoms. The minimum atomic E-state index is 0.933. The van der Waals surface area contributed by atoms with Gasteiger partial charge in [-0.25, -0.2) is 0 Å². The van der Waals surface area contributed by atoms with E-state index in [1.807, 2.05) is 0 Å². The molecule has 68 valence electrons. The SMILES string of the molecule is C1=C(C2CCCCCC2)CCN1. The second-order valence-electron chi connectivity index (χ2n) is 4.11. The molecule has 1 aliphatic carbocycles. The molecular formula is C11H19N. The summed E-state index contributed by atoms with van der Waals surface area (Å²) < 4.78 is 0. The molecule has 1 heterocycles. The Morgan fingerprint density at radius 1 is 1.08 bits per heavy atom. The van der Waals surface area contributed by atoms with E-state index in [0.29, 0.717) is 0 Å². The van der Waals surface area contributed by atoms with Gasteiger partial charge in [-0.2, -0.15) is 0 Å². The summed E-state index contributed by atoms with van der Waals surface area (Å²) in [6, 6.07) is 0. The fourth-order valence-corrected chi connectivity index (χ4v) is 2.46. The van der Waals surface area contributed by atoms with Gasteiger partial charge in [0.1, 0.15) is 0 Å². The van der Waals surface area contributed by atoms with Gasteiger partial charge in [-0.3, -0.25) is 0 Å². The second kappa shape index (κ2) is 3.97. The Balaban J connectivity index is 1.91. The van der Waals surface area contributed by atoms with Gasteiger partial charge >= 0.3 is 0 Å². The number of nitrogens with one attached hydrogen (secondary N) is 1. The zero-order chi connectivity index (χ0) is 8.23. The zero-order valence-electron chi connectivity index (χ0n) is 7.81. The lowest BCUT2D eigenvalue weighted by Gasteiger charge is -2.14. The summed E-state index contributed by atoms with van der Waals surface area (Å²) in [5.74, 6) is 0.933. The Morgan fingerprint density at radius 3 is 2.42 bits per heavy atom. The summed E-state index contributed by atoms with van der Waals surface area (Å²) in [7, 11) is 0. The van der Waals surface area contributed by atoms with Gasteiger partial charge in [0.2, 0.25) is 0 Å². The van der Waals surface area contributed by atoms with Gasteiger partial charge in [0, 0.05) is 6.54 Å². The summed E-state index contributed by atoms with van der Waals surface area (Å²) in [6.07, 6.45) is 12.3. The average Bonchev–Trinajstić information content (AvgIpc) is 2.48. The second-order valence-corrected chi connectivity index (χ2v) is 4.11. The van der Waals surface area contributed by atoms with E-state index in [2.05, 4.69) is 11.5 Å². The third kappa shape index (κ3) is 1.82. The van der Waals surface area contributed by atoms with Crippen molar-refractivity contribution in [2.75, 3.05) is 6.54 Å². The number of hydrogen-bond acceptors (Lipinski definition) is 1. The smallest absolute Gasteiger partial charge is 0.0179 e. The molecule has 1 N–H and O–H groups in total. The third-order valence-electron chi connectivity index (χ3n) is 3.23. The molecule has 1 saturated carbocycles. The molecule has 1 aliphatic heterocycles. The molecule has 0 aromatic rings. The van der Waals surface area contributed by atoms with Gasteiger partial charge in [-0.05, 0) is 37.0 Å². The normalized spacial score (nSPS) is 26.2. The van der Waals surface area contributed by atoms with Gasteiger partial charge in [0.05, 0.1) is 0 Å². The van der Waals surface area contributed by atoms with Crippen molar-refractivity contribution in [2.45, 2.75) is 44.9 Å². The first kappa shape index (κ1) is 8.15. The highest BCUT2D eigenvalue weighted by atomic mass is 14.9. The van der Waals surface area contributed by atoms with Crippen molar-refractivity contribution < 1.29 is 0 Å². The van der Waals surface area contributed by atoms with Crippen molar-refractivity contribution >= 4 is 0 Å². The molecule has 2 rings (SSSR count). The van der Waals surface area contributed by atoms with Crippen LogP contribution in [0.2, 0.25) is 0 Å². The topological polar surface area (TPSA) is 12.0 Å². The van der Waals surface area contributed by atoms with E-state index in [1.165, 1.54) is 51.5 Å². The summed E-state index contributed by atoms with van der Waals surface area (Å²) in [6.45, 7) is 1.19. The average molecular weight is 165 g/mol. The Bertz CT molecular complexity index is 164. The fourth-order valence-electron chi connectivity index (χ4n) is 2.46. The fraction of sp³-hybridized carbons (Fsp3) is 0.818. The molecular weight excluding hydrogens is 146 g/mol. The Labute approximate surface area is 75.2 Å². The number of hydrogen-bond donors (Lipinski definition) is 1. The molecule has 0 bridgehead atoms. The lowest BCUT2D eigenvalue weighted by molar-refractivity contribution is 0.521. The van der Waals surface area contributed by atoms with Crippen LogP contribution < -0.4 is 5.32 Å². The zero-order valence-corrected chi connectivity index (χ0v) is 7.81. The van der Waals surface area contributed by atoms with Crippen LogP contribution in [0.3, 0.4) is 0 Å². The first-order chi connectivity index (χ1) is 5.97. The van der Waals surface area contributed by atoms with Crippen molar-refractivity contribution in [3.05, 3.63) is 11.8 Å². The van der Waals surface area contributed by atoms with E-state index in [1.54, 1.807) is 5.57 Å². The van der Waals surface area contributed by atoms with Gasteiger partial charge < -0.3 is 5.32 Å². The van der Waals surface area contributed by atoms with Gasteiger partial charge in [0.25, 0.3) is 0 Å². The minimum Gasteiger partial charge on any atom is -0.391 e. The Morgan fingerprint density at radius 2 is 1.83 bits per heavy atom. The van der Waals surface area contributed by atoms with Crippen molar-refractivity contribution in [1.29, 1.82) is 0 Å². The summed E-state index contributed by atoms with van der Waals surface area (Å²) in [4.78, 5) is 0. The van der Waals surface area contributed by atoms with E-state index >= 15 is 0 Å². The molecule has 0 aromatic carbocycles. The molecule has 0 atom stereocenters. The van der Waals surface area contributed by atoms with E-state index in [9.17, 15) is 0 Å². The maximum Gasteiger partial charge on any atom is 0.0179 e. The van der Waals surface area contributed by atoms with Crippen LogP contribution >= 0.6 is 0 Å². The van der Waals surface area contributed by atoms with Crippen LogP contribution in [0, 0.1) is 5.92 Å². The van der Waals surface area contributed by atoms with Crippen molar-refractivity contribution in [3.8, 4) is 0 Å². The molecule has 2 aliphatic rings. The van der Waals surface area contributed by atoms with Crippen molar-refractivity contribution in [1.82, 2.24) is 5.32 Å². The molecule has 0 amide bonds. The first-order valence-corrected chi connectivity index (χ1v) is 5.39. The predicted molar refractivity (Wildman–Crippen MR) is 51.9 cm³/mol. The lowest BCUT2D eigenvalue weighted by atomic mass is 9.91. The molecule has 0 aromatic heterocycles. The minimum absolute atomic E-state index is 0.933. The van der Waals surface area contributed by atoms with Crippen LogP contribution in [0.1, 0.15) is 44.9 Å². The molecule has 0 saturated heterocycles. The van der Waals surface area contributed by atoms with Crippen LogP contribution in [0.15, 0.2) is 11.8 Å². The van der Waals surface area contributed by atoms with E-state index in [4.69, 9.17) is 0 Å². The van der Waals surface area contributed by atoms with Crippen molar-refractivity contribution in [2.24, 2.45) is 5.92 Å². The monoisotopic (exact) mass is 165 g/mol. The first-order valence-electron chi connectivity index (χ1n) is 5.39. The molecule has 1 nitrogen and oxygen atoms in total. The third-order valence-corrected chi connectivity index (χ3v) is 3.23. The summed E-state index contributed by atoms with van der Waals surface area (Å²) >= 11 is 0. The molecule has 0 radical (unpaired) electrons. The summed E-state index contributed by atoms with van der Waals surface area (Å²) in [5, 5.41) is 3.33. The molecule has 12 heavy (non-hydrogen) atoms. The highest BCUT2D eigenvalue weighted by Crippen LogP contribution is 2.30. The molecule has 1 fully saturated rings. The molecule has 0 spiro atoms. The van der Waals surface area contributed by atoms with Crippen LogP contribution in [-0.4, -0.2) is 6.54 Å². The van der Waals surface area contributed by atoms with Gasteiger partial charge in [0.15, 0.2) is 0 Å². The van der Waals surface area contributed by atoms with Crippen LogP contribution in [0.25, 0.3) is 0 Å². The highest BCUT2D eigenvalue weighted by molar-refractivity contribution is 5.11. The summed E-state index contributed by atoms with van der Waals surface area (Å²) in [5.41, 5.74) is 1.71. The standard InChI is InChI=1S/C11H19N/c1-2-4-6-10(5-3-1)11-7-8-12-9-11/h9-10,12H,1-8H2.